The van der Waals surface area contributed by atoms with Crippen LogP contribution < -0.4 is 0 Å². The second kappa shape index (κ2) is 11.2. The van der Waals surface area contributed by atoms with Crippen molar-refractivity contribution in [2.45, 2.75) is 0 Å². The van der Waals surface area contributed by atoms with Gasteiger partial charge in [0.2, 0.25) is 0 Å². The number of rotatable bonds is 4. The highest BCUT2D eigenvalue weighted by atomic mass is 32.1. The Hall–Kier alpha value is -6.23. The van der Waals surface area contributed by atoms with Crippen LogP contribution in [0.25, 0.3) is 97.8 Å². The van der Waals surface area contributed by atoms with Gasteiger partial charge in [0, 0.05) is 42.2 Å². The molecule has 0 saturated heterocycles. The van der Waals surface area contributed by atoms with Gasteiger partial charge in [-0.3, -0.25) is 0 Å². The van der Waals surface area contributed by atoms with Crippen molar-refractivity contribution in [3.8, 4) is 45.3 Å². The van der Waals surface area contributed by atoms with E-state index >= 15 is 0 Å². The molecule has 0 atom stereocenters. The van der Waals surface area contributed by atoms with Gasteiger partial charge in [-0.2, -0.15) is 0 Å². The Morgan fingerprint density at radius 2 is 0.898 bits per heavy atom. The molecule has 2 aromatic heterocycles. The van der Waals surface area contributed by atoms with Crippen molar-refractivity contribution >= 4 is 63.8 Å². The lowest BCUT2D eigenvalue weighted by molar-refractivity contribution is 1.07. The molecule has 0 amide bonds. The first-order valence-electron chi connectivity index (χ1n) is 16.4. The van der Waals surface area contributed by atoms with E-state index in [-0.39, 0.29) is 0 Å². The van der Waals surface area contributed by atoms with Gasteiger partial charge in [0.25, 0.3) is 0 Å². The van der Waals surface area contributed by atoms with E-state index in [0.717, 1.165) is 22.1 Å². The monoisotopic (exact) mass is 641 g/mol. The summed E-state index contributed by atoms with van der Waals surface area (Å²) in [5.41, 5.74) is 5.25. The van der Waals surface area contributed by atoms with Gasteiger partial charge >= 0.3 is 0 Å². The average molecular weight is 642 g/mol. The van der Waals surface area contributed by atoms with Crippen molar-refractivity contribution in [2.75, 3.05) is 0 Å². The van der Waals surface area contributed by atoms with Crippen molar-refractivity contribution in [1.29, 1.82) is 0 Å². The van der Waals surface area contributed by atoms with Crippen molar-refractivity contribution in [2.24, 2.45) is 0 Å². The summed E-state index contributed by atoms with van der Waals surface area (Å²) in [6.45, 7) is 0. The Bertz CT molecular complexity index is 2820. The molecule has 0 bridgehead atoms. The van der Waals surface area contributed by atoms with E-state index in [1.165, 1.54) is 58.2 Å². The molecular formula is C45H27N3S. The Kier molecular flexibility index (Phi) is 6.36. The molecule has 10 rings (SSSR count). The summed E-state index contributed by atoms with van der Waals surface area (Å²) in [4.78, 5) is 15.2. The standard InChI is InChI=1S/C45H27N3S/c1-3-14-29(15-4-1)43-46-44(30-16-5-2-6-17-30)48-45(47-43)33-25-31-18-8-9-19-34(31)37(27-33)38-26-32-24-23-28-13-7-10-20-35(28)40(32)42-41(38)36-21-11-12-22-39(36)49-42/h1-27H. The molecule has 2 heterocycles. The molecule has 0 aliphatic carbocycles. The van der Waals surface area contributed by atoms with Crippen LogP contribution in [0.15, 0.2) is 164 Å². The minimum Gasteiger partial charge on any atom is -0.208 e. The van der Waals surface area contributed by atoms with Crippen LogP contribution in [0.4, 0.5) is 0 Å². The number of benzene rings is 8. The molecular weight excluding hydrogens is 615 g/mol. The van der Waals surface area contributed by atoms with Gasteiger partial charge in [-0.15, -0.1) is 11.3 Å². The topological polar surface area (TPSA) is 38.7 Å². The number of fused-ring (bicyclic) bond motifs is 8. The first-order chi connectivity index (χ1) is 24.3. The Morgan fingerprint density at radius 1 is 0.347 bits per heavy atom. The lowest BCUT2D eigenvalue weighted by Gasteiger charge is -2.15. The van der Waals surface area contributed by atoms with Gasteiger partial charge < -0.3 is 0 Å². The average Bonchev–Trinajstić information content (AvgIpc) is 3.57. The first kappa shape index (κ1) is 27.8. The fourth-order valence-corrected chi connectivity index (χ4v) is 8.49. The van der Waals surface area contributed by atoms with E-state index in [1.807, 2.05) is 47.7 Å². The second-order valence-electron chi connectivity index (χ2n) is 12.4. The van der Waals surface area contributed by atoms with Gasteiger partial charge in [0.1, 0.15) is 0 Å². The van der Waals surface area contributed by atoms with E-state index in [9.17, 15) is 0 Å². The van der Waals surface area contributed by atoms with Gasteiger partial charge in [-0.1, -0.05) is 140 Å². The van der Waals surface area contributed by atoms with E-state index in [4.69, 9.17) is 15.0 Å². The van der Waals surface area contributed by atoms with Gasteiger partial charge in [-0.25, -0.2) is 15.0 Å². The van der Waals surface area contributed by atoms with Crippen LogP contribution >= 0.6 is 11.3 Å². The maximum Gasteiger partial charge on any atom is 0.164 e. The summed E-state index contributed by atoms with van der Waals surface area (Å²) in [7, 11) is 0. The maximum atomic E-state index is 5.11. The minimum absolute atomic E-state index is 0.651. The lowest BCUT2D eigenvalue weighted by Crippen LogP contribution is -2.00. The van der Waals surface area contributed by atoms with E-state index in [1.54, 1.807) is 0 Å². The molecule has 0 saturated carbocycles. The normalized spacial score (nSPS) is 11.7. The maximum absolute atomic E-state index is 5.11. The molecule has 8 aromatic carbocycles. The number of nitrogens with zero attached hydrogens (tertiary/aromatic N) is 3. The minimum atomic E-state index is 0.651. The second-order valence-corrected chi connectivity index (χ2v) is 13.4. The van der Waals surface area contributed by atoms with Crippen molar-refractivity contribution < 1.29 is 0 Å². The largest absolute Gasteiger partial charge is 0.208 e. The van der Waals surface area contributed by atoms with Crippen molar-refractivity contribution in [1.82, 2.24) is 15.0 Å². The number of hydrogen-bond donors (Lipinski definition) is 0. The van der Waals surface area contributed by atoms with Crippen LogP contribution in [0.1, 0.15) is 0 Å². The summed E-state index contributed by atoms with van der Waals surface area (Å²) >= 11 is 1.89. The van der Waals surface area contributed by atoms with Crippen LogP contribution in [0.2, 0.25) is 0 Å². The van der Waals surface area contributed by atoms with Crippen LogP contribution in [0.5, 0.6) is 0 Å². The van der Waals surface area contributed by atoms with Crippen LogP contribution in [-0.2, 0) is 0 Å². The third kappa shape index (κ3) is 4.61. The molecule has 0 spiro atoms. The SMILES string of the molecule is c1ccc(-c2nc(-c3ccccc3)nc(-c3cc(-c4cc5ccc6ccccc6c5c5sc6ccccc6c45)c4ccccc4c3)n2)cc1. The highest BCUT2D eigenvalue weighted by molar-refractivity contribution is 7.27. The Labute approximate surface area is 286 Å². The molecule has 4 heteroatoms. The molecule has 0 radical (unpaired) electrons. The van der Waals surface area contributed by atoms with Crippen molar-refractivity contribution in [3.63, 3.8) is 0 Å². The smallest absolute Gasteiger partial charge is 0.164 e. The third-order valence-corrected chi connectivity index (χ3v) is 10.7. The number of thiophene rings is 1. The zero-order chi connectivity index (χ0) is 32.3. The fraction of sp³-hybridized carbons (Fsp3) is 0. The van der Waals surface area contributed by atoms with Crippen LogP contribution in [-0.4, -0.2) is 15.0 Å². The summed E-state index contributed by atoms with van der Waals surface area (Å²) in [5, 5.41) is 10.0. The fourth-order valence-electron chi connectivity index (χ4n) is 7.19. The summed E-state index contributed by atoms with van der Waals surface area (Å²) in [6.07, 6.45) is 0. The predicted octanol–water partition coefficient (Wildman–Crippen LogP) is 12.4. The van der Waals surface area contributed by atoms with Gasteiger partial charge in [0.05, 0.1) is 0 Å². The molecule has 3 nitrogen and oxygen atoms in total. The number of hydrogen-bond acceptors (Lipinski definition) is 4. The van der Waals surface area contributed by atoms with Gasteiger partial charge in [0.15, 0.2) is 17.5 Å². The molecule has 49 heavy (non-hydrogen) atoms. The van der Waals surface area contributed by atoms with Crippen LogP contribution in [0, 0.1) is 0 Å². The third-order valence-electron chi connectivity index (χ3n) is 9.46. The highest BCUT2D eigenvalue weighted by Crippen LogP contribution is 2.47. The van der Waals surface area contributed by atoms with Crippen molar-refractivity contribution in [3.05, 3.63) is 164 Å². The molecule has 0 unspecified atom stereocenters. The zero-order valence-electron chi connectivity index (χ0n) is 26.3. The summed E-state index contributed by atoms with van der Waals surface area (Å²) in [5.74, 6) is 1.96. The van der Waals surface area contributed by atoms with Gasteiger partial charge in [-0.05, 0) is 62.3 Å². The quantitative estimate of drug-likeness (QED) is 0.180. The molecule has 228 valence electrons. The Balaban J connectivity index is 1.30. The molecule has 0 fully saturated rings. The van der Waals surface area contributed by atoms with E-state index in [0.29, 0.717) is 17.5 Å². The van der Waals surface area contributed by atoms with Crippen LogP contribution in [0.3, 0.4) is 0 Å². The molecule has 0 aliphatic heterocycles. The highest BCUT2D eigenvalue weighted by Gasteiger charge is 2.20. The molecule has 10 aromatic rings. The molecule has 0 N–H and O–H groups in total. The lowest BCUT2D eigenvalue weighted by atomic mass is 9.89. The predicted molar refractivity (Wildman–Crippen MR) is 207 cm³/mol. The summed E-state index contributed by atoms with van der Waals surface area (Å²) < 4.78 is 2.61. The zero-order valence-corrected chi connectivity index (χ0v) is 27.2. The molecule has 0 aliphatic rings. The summed E-state index contributed by atoms with van der Waals surface area (Å²) in [6, 6.07) is 58.0. The van der Waals surface area contributed by atoms with E-state index in [2.05, 4.69) is 127 Å². The Morgan fingerprint density at radius 3 is 1.61 bits per heavy atom. The number of aromatic nitrogens is 3. The van der Waals surface area contributed by atoms with E-state index < -0.39 is 0 Å². The first-order valence-corrected chi connectivity index (χ1v) is 17.3.